The molecule has 3 heterocycles. The van der Waals surface area contributed by atoms with E-state index in [1.165, 1.54) is 6.26 Å². The van der Waals surface area contributed by atoms with Crippen LogP contribution in [-0.4, -0.2) is 47.6 Å². The van der Waals surface area contributed by atoms with Crippen LogP contribution in [0.2, 0.25) is 0 Å². The fourth-order valence-electron chi connectivity index (χ4n) is 2.51. The van der Waals surface area contributed by atoms with Gasteiger partial charge in [-0.25, -0.2) is 0 Å². The third-order valence-corrected chi connectivity index (χ3v) is 5.33. The van der Waals surface area contributed by atoms with Gasteiger partial charge < -0.3 is 14.1 Å². The van der Waals surface area contributed by atoms with Gasteiger partial charge in [-0.3, -0.25) is 4.79 Å². The maximum absolute atomic E-state index is 12.5. The van der Waals surface area contributed by atoms with E-state index in [-0.39, 0.29) is 11.9 Å². The Bertz CT molecular complexity index is 448. The van der Waals surface area contributed by atoms with E-state index in [1.54, 1.807) is 6.07 Å². The van der Waals surface area contributed by atoms with Gasteiger partial charge in [-0.05, 0) is 28.4 Å². The Labute approximate surface area is 118 Å². The van der Waals surface area contributed by atoms with Crippen molar-refractivity contribution in [1.82, 2.24) is 4.90 Å². The number of halogens is 1. The van der Waals surface area contributed by atoms with Gasteiger partial charge in [0.15, 0.2) is 0 Å². The topological polar surface area (TPSA) is 42.7 Å². The number of nitrogens with zero attached hydrogens (tertiary/aromatic N) is 1. The fraction of sp³-hybridized carbons (Fsp3) is 0.583. The average molecular weight is 332 g/mol. The minimum absolute atomic E-state index is 0.0101. The van der Waals surface area contributed by atoms with Gasteiger partial charge in [0.25, 0.3) is 5.91 Å². The zero-order chi connectivity index (χ0) is 12.5. The largest absolute Gasteiger partial charge is 0.458 e. The summed E-state index contributed by atoms with van der Waals surface area (Å²) in [6.45, 7) is 2.28. The van der Waals surface area contributed by atoms with E-state index >= 15 is 0 Å². The summed E-state index contributed by atoms with van der Waals surface area (Å²) in [5.74, 6) is 1.37. The number of rotatable bonds is 1. The quantitative estimate of drug-likeness (QED) is 0.792. The minimum atomic E-state index is -0.0101. The molecule has 0 bridgehead atoms. The standard InChI is InChI=1S/C12H14BrNO3S/c13-8-1-5-17-11(8)12(15)14-3-6-18-10-7-16-4-2-9(10)14/h1,5,9-10H,2-4,6-7H2/t9-,10-/m0/s1. The molecule has 1 aromatic heterocycles. The van der Waals surface area contributed by atoms with E-state index in [1.807, 2.05) is 16.7 Å². The van der Waals surface area contributed by atoms with Crippen LogP contribution in [0.25, 0.3) is 0 Å². The number of carbonyl (C=O) groups is 1. The Hall–Kier alpha value is -0.460. The van der Waals surface area contributed by atoms with Crippen molar-refractivity contribution in [1.29, 1.82) is 0 Å². The van der Waals surface area contributed by atoms with Crippen molar-refractivity contribution < 1.29 is 13.9 Å². The van der Waals surface area contributed by atoms with Gasteiger partial charge in [0.2, 0.25) is 5.76 Å². The molecule has 2 aliphatic heterocycles. The molecule has 18 heavy (non-hydrogen) atoms. The van der Waals surface area contributed by atoms with Crippen molar-refractivity contribution >= 4 is 33.6 Å². The van der Waals surface area contributed by atoms with E-state index in [4.69, 9.17) is 9.15 Å². The second-order valence-electron chi connectivity index (χ2n) is 4.44. The van der Waals surface area contributed by atoms with Gasteiger partial charge in [-0.2, -0.15) is 11.8 Å². The smallest absolute Gasteiger partial charge is 0.291 e. The lowest BCUT2D eigenvalue weighted by Gasteiger charge is -2.43. The molecule has 0 aliphatic carbocycles. The van der Waals surface area contributed by atoms with Crippen LogP contribution >= 0.6 is 27.7 Å². The molecule has 2 atom stereocenters. The highest BCUT2D eigenvalue weighted by atomic mass is 79.9. The summed E-state index contributed by atoms with van der Waals surface area (Å²) in [5.41, 5.74) is 0. The van der Waals surface area contributed by atoms with Gasteiger partial charge in [-0.15, -0.1) is 0 Å². The van der Waals surface area contributed by atoms with Gasteiger partial charge in [0.05, 0.1) is 17.3 Å². The predicted octanol–water partition coefficient (Wildman–Crippen LogP) is 2.39. The van der Waals surface area contributed by atoms with Crippen LogP contribution in [-0.2, 0) is 4.74 Å². The molecular formula is C12H14BrNO3S. The molecule has 0 unspecified atom stereocenters. The zero-order valence-electron chi connectivity index (χ0n) is 9.80. The molecule has 1 aromatic rings. The van der Waals surface area contributed by atoms with Crippen molar-refractivity contribution in [3.8, 4) is 0 Å². The monoisotopic (exact) mass is 331 g/mol. The third kappa shape index (κ3) is 2.21. The van der Waals surface area contributed by atoms with Crippen LogP contribution in [0.15, 0.2) is 21.2 Å². The molecular weight excluding hydrogens is 318 g/mol. The van der Waals surface area contributed by atoms with Crippen LogP contribution in [0, 0.1) is 0 Å². The highest BCUT2D eigenvalue weighted by Gasteiger charge is 2.38. The number of fused-ring (bicyclic) bond motifs is 1. The predicted molar refractivity (Wildman–Crippen MR) is 72.9 cm³/mol. The van der Waals surface area contributed by atoms with Crippen molar-refractivity contribution in [2.45, 2.75) is 17.7 Å². The first kappa shape index (κ1) is 12.6. The van der Waals surface area contributed by atoms with Crippen molar-refractivity contribution in [2.75, 3.05) is 25.5 Å². The van der Waals surface area contributed by atoms with E-state index in [9.17, 15) is 4.79 Å². The highest BCUT2D eigenvalue weighted by molar-refractivity contribution is 9.10. The lowest BCUT2D eigenvalue weighted by atomic mass is 10.1. The summed E-state index contributed by atoms with van der Waals surface area (Å²) in [6, 6.07) is 2.04. The average Bonchev–Trinajstić information content (AvgIpc) is 2.83. The Morgan fingerprint density at radius 2 is 2.44 bits per heavy atom. The number of hydrogen-bond acceptors (Lipinski definition) is 4. The van der Waals surface area contributed by atoms with Crippen molar-refractivity contribution in [3.63, 3.8) is 0 Å². The van der Waals surface area contributed by atoms with Crippen LogP contribution in [0.5, 0.6) is 0 Å². The van der Waals surface area contributed by atoms with Gasteiger partial charge >= 0.3 is 0 Å². The molecule has 2 fully saturated rings. The zero-order valence-corrected chi connectivity index (χ0v) is 12.2. The van der Waals surface area contributed by atoms with Gasteiger partial charge in [0, 0.05) is 30.2 Å². The van der Waals surface area contributed by atoms with Crippen molar-refractivity contribution in [3.05, 3.63) is 22.6 Å². The molecule has 2 aliphatic rings. The van der Waals surface area contributed by atoms with E-state index in [0.29, 0.717) is 11.0 Å². The number of ether oxygens (including phenoxy) is 1. The summed E-state index contributed by atoms with van der Waals surface area (Å²) in [7, 11) is 0. The molecule has 98 valence electrons. The summed E-state index contributed by atoms with van der Waals surface area (Å²) in [5, 5.41) is 0.408. The molecule has 0 spiro atoms. The van der Waals surface area contributed by atoms with Crippen LogP contribution in [0.4, 0.5) is 0 Å². The summed E-state index contributed by atoms with van der Waals surface area (Å²) < 4.78 is 11.5. The minimum Gasteiger partial charge on any atom is -0.458 e. The third-order valence-electron chi connectivity index (χ3n) is 3.41. The first-order chi connectivity index (χ1) is 8.77. The fourth-order valence-corrected chi connectivity index (χ4v) is 4.19. The number of hydrogen-bond donors (Lipinski definition) is 0. The SMILES string of the molecule is O=C(c1occc1Br)N1CCS[C@H]2COCC[C@@H]21. The molecule has 4 nitrogen and oxygen atoms in total. The lowest BCUT2D eigenvalue weighted by molar-refractivity contribution is 0.0300. The van der Waals surface area contributed by atoms with Gasteiger partial charge in [0.1, 0.15) is 0 Å². The Balaban J connectivity index is 1.82. The first-order valence-electron chi connectivity index (χ1n) is 6.00. The summed E-state index contributed by atoms with van der Waals surface area (Å²) in [4.78, 5) is 14.4. The molecule has 0 saturated carbocycles. The molecule has 2 saturated heterocycles. The highest BCUT2D eigenvalue weighted by Crippen LogP contribution is 2.32. The number of furan rings is 1. The van der Waals surface area contributed by atoms with Crippen LogP contribution < -0.4 is 0 Å². The molecule has 0 N–H and O–H groups in total. The number of carbonyl (C=O) groups excluding carboxylic acids is 1. The summed E-state index contributed by atoms with van der Waals surface area (Å²) >= 11 is 5.26. The second kappa shape index (κ2) is 5.27. The molecule has 1 amide bonds. The summed E-state index contributed by atoms with van der Waals surface area (Å²) in [6.07, 6.45) is 2.46. The maximum atomic E-state index is 12.5. The van der Waals surface area contributed by atoms with E-state index in [2.05, 4.69) is 15.9 Å². The molecule has 3 rings (SSSR count). The second-order valence-corrected chi connectivity index (χ2v) is 6.64. The Kier molecular flexibility index (Phi) is 3.68. The lowest BCUT2D eigenvalue weighted by Crippen LogP contribution is -2.54. The first-order valence-corrected chi connectivity index (χ1v) is 7.85. The number of amides is 1. The van der Waals surface area contributed by atoms with E-state index < -0.39 is 0 Å². The maximum Gasteiger partial charge on any atom is 0.291 e. The number of thioether (sulfide) groups is 1. The van der Waals surface area contributed by atoms with E-state index in [0.717, 1.165) is 36.4 Å². The van der Waals surface area contributed by atoms with Crippen LogP contribution in [0.1, 0.15) is 17.0 Å². The van der Waals surface area contributed by atoms with Crippen LogP contribution in [0.3, 0.4) is 0 Å². The Morgan fingerprint density at radius 3 is 3.22 bits per heavy atom. The van der Waals surface area contributed by atoms with Crippen molar-refractivity contribution in [2.24, 2.45) is 0 Å². The molecule has 0 radical (unpaired) electrons. The molecule has 0 aromatic carbocycles. The Morgan fingerprint density at radius 1 is 1.56 bits per heavy atom. The van der Waals surface area contributed by atoms with Gasteiger partial charge in [-0.1, -0.05) is 0 Å². The molecule has 6 heteroatoms. The normalized spacial score (nSPS) is 27.9.